The average molecular weight is 522 g/mol. The maximum absolute atomic E-state index is 6.99. The second kappa shape index (κ2) is 10.8. The third kappa shape index (κ3) is 6.98. The van der Waals surface area contributed by atoms with E-state index in [4.69, 9.17) is 28.2 Å². The van der Waals surface area contributed by atoms with Crippen LogP contribution in [0, 0.1) is 0 Å². The number of hydrogen-bond acceptors (Lipinski definition) is 7. The van der Waals surface area contributed by atoms with E-state index in [1.54, 1.807) is 0 Å². The highest BCUT2D eigenvalue weighted by atomic mass is 28.4. The van der Waals surface area contributed by atoms with E-state index in [0.29, 0.717) is 25.5 Å². The predicted molar refractivity (Wildman–Crippen MR) is 144 cm³/mol. The summed E-state index contributed by atoms with van der Waals surface area (Å²) in [6, 6.07) is 9.88. The van der Waals surface area contributed by atoms with Crippen molar-refractivity contribution in [3.8, 4) is 0 Å². The zero-order valence-electron chi connectivity index (χ0n) is 23.9. The van der Waals surface area contributed by atoms with Gasteiger partial charge in [0.25, 0.3) is 0 Å². The van der Waals surface area contributed by atoms with E-state index in [2.05, 4.69) is 52.6 Å². The first-order chi connectivity index (χ1) is 16.6. The minimum atomic E-state index is -2.24. The van der Waals surface area contributed by atoms with Crippen molar-refractivity contribution in [2.24, 2.45) is 0 Å². The molecule has 0 aliphatic carbocycles. The Morgan fingerprint density at radius 3 is 2.25 bits per heavy atom. The van der Waals surface area contributed by atoms with Gasteiger partial charge in [-0.25, -0.2) is 0 Å². The van der Waals surface area contributed by atoms with Crippen LogP contribution in [0.2, 0.25) is 18.1 Å². The topological polar surface area (TPSA) is 58.6 Å². The Bertz CT molecular complexity index is 882. The molecule has 0 aromatic heterocycles. The van der Waals surface area contributed by atoms with Crippen molar-refractivity contribution >= 4 is 8.32 Å². The second-order valence-electron chi connectivity index (χ2n) is 12.2. The van der Waals surface area contributed by atoms with Crippen LogP contribution in [0.3, 0.4) is 0 Å². The molecule has 1 aromatic rings. The van der Waals surface area contributed by atoms with Crippen LogP contribution in [0.4, 0.5) is 0 Å². The van der Waals surface area contributed by atoms with Crippen molar-refractivity contribution in [2.75, 3.05) is 13.2 Å². The summed E-state index contributed by atoms with van der Waals surface area (Å²) in [6.45, 7) is 26.7. The lowest BCUT2D eigenvalue weighted by Gasteiger charge is -2.44. The molecule has 0 radical (unpaired) electrons. The molecule has 204 valence electrons. The van der Waals surface area contributed by atoms with Crippen LogP contribution in [-0.2, 0) is 34.8 Å². The molecule has 1 unspecified atom stereocenters. The van der Waals surface area contributed by atoms with Crippen LogP contribution in [0.5, 0.6) is 0 Å². The van der Waals surface area contributed by atoms with Crippen LogP contribution in [0.1, 0.15) is 61.0 Å². The highest BCUT2D eigenvalue weighted by Gasteiger charge is 2.55. The maximum atomic E-state index is 6.99. The van der Waals surface area contributed by atoms with Gasteiger partial charge in [0.1, 0.15) is 30.1 Å². The molecule has 0 saturated carbocycles. The molecule has 36 heavy (non-hydrogen) atoms. The molecule has 2 fully saturated rings. The summed E-state index contributed by atoms with van der Waals surface area (Å²) in [7, 11) is -2.24. The van der Waals surface area contributed by atoms with Crippen LogP contribution >= 0.6 is 0 Å². The Morgan fingerprint density at radius 1 is 1.08 bits per heavy atom. The van der Waals surface area contributed by atoms with E-state index in [1.807, 2.05) is 57.9 Å². The van der Waals surface area contributed by atoms with Crippen LogP contribution in [-0.4, -0.2) is 62.5 Å². The molecule has 3 rings (SSSR count). The molecule has 8 heteroatoms. The summed E-state index contributed by atoms with van der Waals surface area (Å²) in [5.41, 5.74) is 1.13. The summed E-state index contributed by atoms with van der Waals surface area (Å²) in [6.07, 6.45) is -1.14. The summed E-state index contributed by atoms with van der Waals surface area (Å²) in [5.74, 6) is -0.911. The number of rotatable bonds is 10. The largest absolute Gasteiger partial charge is 0.497 e. The predicted octanol–water partition coefficient (Wildman–Crippen LogP) is 6.02. The highest BCUT2D eigenvalue weighted by molar-refractivity contribution is 6.74. The third-order valence-corrected chi connectivity index (χ3v) is 11.5. The van der Waals surface area contributed by atoms with E-state index in [9.17, 15) is 0 Å². The fourth-order valence-corrected chi connectivity index (χ4v) is 5.42. The van der Waals surface area contributed by atoms with Gasteiger partial charge in [-0.15, -0.1) is 0 Å². The van der Waals surface area contributed by atoms with Crippen LogP contribution in [0.15, 0.2) is 42.7 Å². The first-order valence-corrected chi connectivity index (χ1v) is 15.9. The smallest absolute Gasteiger partial charge is 0.220 e. The number of benzene rings is 1. The van der Waals surface area contributed by atoms with E-state index >= 15 is 0 Å². The quantitative estimate of drug-likeness (QED) is 0.212. The first-order valence-electron chi connectivity index (χ1n) is 13.0. The summed E-state index contributed by atoms with van der Waals surface area (Å²) in [4.78, 5) is 0. The Labute approximate surface area is 219 Å². The highest BCUT2D eigenvalue weighted by Crippen LogP contribution is 2.42. The molecule has 4 atom stereocenters. The van der Waals surface area contributed by atoms with Crippen molar-refractivity contribution in [2.45, 2.75) is 116 Å². The average Bonchev–Trinajstić information content (AvgIpc) is 3.26. The minimum absolute atomic E-state index is 0.00241. The van der Waals surface area contributed by atoms with Gasteiger partial charge in [0.05, 0.1) is 13.2 Å². The minimum Gasteiger partial charge on any atom is -0.497 e. The fourth-order valence-electron chi connectivity index (χ4n) is 4.39. The number of hydroxylamine groups is 2. The molecule has 2 saturated heterocycles. The van der Waals surface area contributed by atoms with Gasteiger partial charge >= 0.3 is 0 Å². The van der Waals surface area contributed by atoms with E-state index < -0.39 is 38.1 Å². The second-order valence-corrected chi connectivity index (χ2v) is 16.9. The van der Waals surface area contributed by atoms with E-state index in [-0.39, 0.29) is 11.1 Å². The molecule has 0 spiro atoms. The lowest BCUT2D eigenvalue weighted by atomic mass is 9.99. The zero-order chi connectivity index (χ0) is 26.9. The molecular weight excluding hydrogens is 474 g/mol. The standard InChI is InChI=1S/C28H47NO6Si/c1-12-30-20(2)23(25-24(33-28(8,9)34-25)22-19-31-27(6,7)32-22)29(18-21-16-14-13-15-17-21)35-36(10,11)26(3,4)5/h13-17,22-25H,2,12,18-19H2,1,3-11H3/t22-,23?,24-,25-/m1/s1. The van der Waals surface area contributed by atoms with Crippen molar-refractivity contribution in [1.82, 2.24) is 5.06 Å². The fraction of sp³-hybridized carbons (Fsp3) is 0.714. The Hall–Kier alpha value is -1.26. The molecule has 0 bridgehead atoms. The van der Waals surface area contributed by atoms with Gasteiger partial charge in [0, 0.05) is 6.54 Å². The SMILES string of the molecule is C=C(OCC)C([C@H]1OC(C)(C)O[C@@H]1[C@H]1COC(C)(C)O1)N(Cc1ccccc1)O[Si](C)(C)C(C)(C)C. The molecule has 0 N–H and O–H groups in total. The van der Waals surface area contributed by atoms with Crippen molar-refractivity contribution in [1.29, 1.82) is 0 Å². The van der Waals surface area contributed by atoms with E-state index in [1.165, 1.54) is 0 Å². The lowest BCUT2D eigenvalue weighted by Crippen LogP contribution is -2.56. The molecule has 2 aliphatic rings. The van der Waals surface area contributed by atoms with Crippen LogP contribution < -0.4 is 0 Å². The van der Waals surface area contributed by atoms with Gasteiger partial charge in [0.15, 0.2) is 11.6 Å². The molecule has 1 aromatic carbocycles. The normalized spacial score (nSPS) is 26.8. The molecule has 2 heterocycles. The van der Waals surface area contributed by atoms with Gasteiger partial charge < -0.3 is 28.2 Å². The van der Waals surface area contributed by atoms with Crippen LogP contribution in [0.25, 0.3) is 0 Å². The van der Waals surface area contributed by atoms with Crippen molar-refractivity contribution in [3.63, 3.8) is 0 Å². The van der Waals surface area contributed by atoms with Gasteiger partial charge in [-0.2, -0.15) is 5.06 Å². The summed E-state index contributed by atoms with van der Waals surface area (Å²) < 4.78 is 38.2. The Kier molecular flexibility index (Phi) is 8.83. The number of hydrogen-bond donors (Lipinski definition) is 0. The monoisotopic (exact) mass is 521 g/mol. The molecular formula is C28H47NO6Si. The summed E-state index contributed by atoms with van der Waals surface area (Å²) >= 11 is 0. The maximum Gasteiger partial charge on any atom is 0.220 e. The third-order valence-electron chi connectivity index (χ3n) is 7.17. The Morgan fingerprint density at radius 2 is 1.72 bits per heavy atom. The van der Waals surface area contributed by atoms with Crippen molar-refractivity contribution < 1.29 is 28.2 Å². The summed E-state index contributed by atoms with van der Waals surface area (Å²) in [5, 5.41) is 2.02. The van der Waals surface area contributed by atoms with E-state index in [0.717, 1.165) is 5.56 Å². The lowest BCUT2D eigenvalue weighted by molar-refractivity contribution is -0.181. The molecule has 0 amide bonds. The number of ether oxygens (including phenoxy) is 5. The van der Waals surface area contributed by atoms with Gasteiger partial charge in [0.2, 0.25) is 8.32 Å². The zero-order valence-corrected chi connectivity index (χ0v) is 24.9. The van der Waals surface area contributed by atoms with Gasteiger partial charge in [-0.3, -0.25) is 0 Å². The number of nitrogens with zero attached hydrogens (tertiary/aromatic N) is 1. The van der Waals surface area contributed by atoms with Gasteiger partial charge in [-0.1, -0.05) is 57.7 Å². The Balaban J connectivity index is 2.05. The van der Waals surface area contributed by atoms with Crippen molar-refractivity contribution in [3.05, 3.63) is 48.2 Å². The first kappa shape index (κ1) is 29.3. The molecule has 7 nitrogen and oxygen atoms in total. The van der Waals surface area contributed by atoms with Gasteiger partial charge in [-0.05, 0) is 58.3 Å². The molecule has 2 aliphatic heterocycles.